The van der Waals surface area contributed by atoms with Crippen LogP contribution in [0.1, 0.15) is 5.56 Å². The molecule has 2 heterocycles. The average molecular weight is 388 g/mol. The van der Waals surface area contributed by atoms with Crippen molar-refractivity contribution in [3.63, 3.8) is 0 Å². The Morgan fingerprint density at radius 1 is 0.963 bits per heavy atom. The summed E-state index contributed by atoms with van der Waals surface area (Å²) in [5, 5.41) is 3.67. The lowest BCUT2D eigenvalue weighted by molar-refractivity contribution is 0.171. The number of nitrogens with zero attached hydrogens (tertiary/aromatic N) is 2. The third kappa shape index (κ3) is 4.22. The highest BCUT2D eigenvalue weighted by atomic mass is 35.5. The molecule has 0 saturated carbocycles. The van der Waals surface area contributed by atoms with Crippen molar-refractivity contribution in [2.24, 2.45) is 0 Å². The quantitative estimate of drug-likeness (QED) is 0.879. The van der Waals surface area contributed by atoms with Crippen LogP contribution in [-0.2, 0) is 6.54 Å². The molecule has 1 fully saturated rings. The fraction of sp³-hybridized carbons (Fsp3) is 0.350. The predicted octanol–water partition coefficient (Wildman–Crippen LogP) is 3.14. The van der Waals surface area contributed by atoms with Gasteiger partial charge in [-0.1, -0.05) is 23.7 Å². The zero-order valence-electron chi connectivity index (χ0n) is 15.0. The molecule has 2 aliphatic heterocycles. The van der Waals surface area contributed by atoms with Crippen molar-refractivity contribution in [1.82, 2.24) is 10.2 Å². The predicted molar refractivity (Wildman–Crippen MR) is 105 cm³/mol. The number of hydrogen-bond donors (Lipinski definition) is 1. The van der Waals surface area contributed by atoms with Crippen LogP contribution in [0.25, 0.3) is 0 Å². The van der Waals surface area contributed by atoms with Crippen LogP contribution in [0.3, 0.4) is 0 Å². The highest BCUT2D eigenvalue weighted by Gasteiger charge is 2.22. The number of piperazine rings is 1. The van der Waals surface area contributed by atoms with Crippen LogP contribution < -0.4 is 19.7 Å². The van der Waals surface area contributed by atoms with E-state index < -0.39 is 0 Å². The second kappa shape index (κ2) is 7.96. The maximum absolute atomic E-state index is 12.4. The lowest BCUT2D eigenvalue weighted by Gasteiger charge is -2.36. The van der Waals surface area contributed by atoms with Gasteiger partial charge >= 0.3 is 6.03 Å². The first-order chi connectivity index (χ1) is 13.2. The summed E-state index contributed by atoms with van der Waals surface area (Å²) in [6, 6.07) is 13.5. The van der Waals surface area contributed by atoms with Gasteiger partial charge in [0.05, 0.1) is 0 Å². The van der Waals surface area contributed by atoms with Gasteiger partial charge in [-0.25, -0.2) is 4.79 Å². The maximum Gasteiger partial charge on any atom is 0.317 e. The van der Waals surface area contributed by atoms with E-state index in [1.54, 1.807) is 0 Å². The van der Waals surface area contributed by atoms with Crippen molar-refractivity contribution in [2.45, 2.75) is 6.54 Å². The first kappa shape index (κ1) is 17.8. The molecule has 1 N–H and O–H groups in total. The third-order valence-corrected chi connectivity index (χ3v) is 5.07. The normalized spacial score (nSPS) is 16.2. The Kier molecular flexibility index (Phi) is 5.25. The van der Waals surface area contributed by atoms with E-state index in [4.69, 9.17) is 21.1 Å². The summed E-state index contributed by atoms with van der Waals surface area (Å²) in [6.07, 6.45) is 0. The number of nitrogens with one attached hydrogen (secondary N) is 1. The smallest absolute Gasteiger partial charge is 0.317 e. The van der Waals surface area contributed by atoms with Crippen molar-refractivity contribution in [3.05, 3.63) is 53.1 Å². The number of anilines is 1. The van der Waals surface area contributed by atoms with Crippen LogP contribution in [0, 0.1) is 0 Å². The minimum absolute atomic E-state index is 0.0354. The van der Waals surface area contributed by atoms with Gasteiger partial charge in [0, 0.05) is 49.5 Å². The molecule has 0 unspecified atom stereocenters. The Hall–Kier alpha value is -2.60. The Labute approximate surface area is 163 Å². The lowest BCUT2D eigenvalue weighted by Crippen LogP contribution is -2.51. The zero-order valence-corrected chi connectivity index (χ0v) is 15.7. The summed E-state index contributed by atoms with van der Waals surface area (Å²) in [5.74, 6) is 1.59. The second-order valence-corrected chi connectivity index (χ2v) is 7.02. The van der Waals surface area contributed by atoms with Crippen LogP contribution in [0.4, 0.5) is 10.5 Å². The summed E-state index contributed by atoms with van der Waals surface area (Å²) in [5.41, 5.74) is 2.13. The molecular formula is C20H22ClN3O3. The molecule has 4 rings (SSSR count). The van der Waals surface area contributed by atoms with E-state index in [0.29, 0.717) is 37.9 Å². The fourth-order valence-corrected chi connectivity index (χ4v) is 3.41. The molecule has 0 radical (unpaired) electrons. The number of carbonyl (C=O) groups excluding carboxylic acids is 1. The van der Waals surface area contributed by atoms with Crippen molar-refractivity contribution >= 4 is 23.3 Å². The molecular weight excluding hydrogens is 366 g/mol. The summed E-state index contributed by atoms with van der Waals surface area (Å²) >= 11 is 5.88. The van der Waals surface area contributed by atoms with E-state index >= 15 is 0 Å². The summed E-state index contributed by atoms with van der Waals surface area (Å²) in [4.78, 5) is 16.5. The van der Waals surface area contributed by atoms with Gasteiger partial charge in [0.15, 0.2) is 11.5 Å². The molecule has 0 aromatic heterocycles. The van der Waals surface area contributed by atoms with E-state index in [1.807, 2.05) is 47.4 Å². The zero-order chi connectivity index (χ0) is 18.6. The number of carbonyl (C=O) groups is 1. The Balaban J connectivity index is 1.29. The molecule has 0 aliphatic carbocycles. The largest absolute Gasteiger partial charge is 0.486 e. The van der Waals surface area contributed by atoms with Gasteiger partial charge in [-0.2, -0.15) is 0 Å². The van der Waals surface area contributed by atoms with Crippen LogP contribution in [0.5, 0.6) is 11.5 Å². The number of rotatable bonds is 3. The van der Waals surface area contributed by atoms with Gasteiger partial charge in [-0.15, -0.1) is 0 Å². The molecule has 2 aromatic rings. The number of halogens is 1. The third-order valence-electron chi connectivity index (χ3n) is 4.81. The van der Waals surface area contributed by atoms with E-state index in [0.717, 1.165) is 35.8 Å². The second-order valence-electron chi connectivity index (χ2n) is 6.59. The molecule has 27 heavy (non-hydrogen) atoms. The first-order valence-electron chi connectivity index (χ1n) is 9.11. The van der Waals surface area contributed by atoms with Gasteiger partial charge < -0.3 is 24.6 Å². The van der Waals surface area contributed by atoms with E-state index in [1.165, 1.54) is 0 Å². The van der Waals surface area contributed by atoms with Crippen molar-refractivity contribution < 1.29 is 14.3 Å². The molecule has 2 amide bonds. The number of benzene rings is 2. The van der Waals surface area contributed by atoms with Crippen LogP contribution in [-0.4, -0.2) is 50.3 Å². The van der Waals surface area contributed by atoms with Gasteiger partial charge in [0.1, 0.15) is 13.2 Å². The maximum atomic E-state index is 12.4. The summed E-state index contributed by atoms with van der Waals surface area (Å²) in [7, 11) is 0. The number of urea groups is 1. The molecule has 2 aliphatic rings. The highest BCUT2D eigenvalue weighted by molar-refractivity contribution is 6.30. The van der Waals surface area contributed by atoms with Gasteiger partial charge in [0.25, 0.3) is 0 Å². The van der Waals surface area contributed by atoms with E-state index in [9.17, 15) is 4.79 Å². The van der Waals surface area contributed by atoms with Gasteiger partial charge in [-0.05, 0) is 29.8 Å². The minimum atomic E-state index is -0.0354. The Bertz CT molecular complexity index is 805. The van der Waals surface area contributed by atoms with Crippen LogP contribution in [0.2, 0.25) is 5.02 Å². The van der Waals surface area contributed by atoms with E-state index in [-0.39, 0.29) is 6.03 Å². The topological polar surface area (TPSA) is 54.0 Å². The van der Waals surface area contributed by atoms with Crippen molar-refractivity contribution in [1.29, 1.82) is 0 Å². The molecule has 6 nitrogen and oxygen atoms in total. The SMILES string of the molecule is O=C(NCc1ccc(Cl)cc1)N1CCN(c2ccc3c(c2)OCCO3)CC1. The summed E-state index contributed by atoms with van der Waals surface area (Å²) in [6.45, 7) is 4.61. The highest BCUT2D eigenvalue weighted by Crippen LogP contribution is 2.34. The minimum Gasteiger partial charge on any atom is -0.486 e. The summed E-state index contributed by atoms with van der Waals surface area (Å²) < 4.78 is 11.2. The molecule has 0 spiro atoms. The number of hydrogen-bond acceptors (Lipinski definition) is 4. The standard InChI is InChI=1S/C20H22ClN3O3/c21-16-3-1-15(2-4-16)14-22-20(25)24-9-7-23(8-10-24)17-5-6-18-19(13-17)27-12-11-26-18/h1-6,13H,7-12,14H2,(H,22,25). The van der Waals surface area contributed by atoms with Gasteiger partial charge in [-0.3, -0.25) is 0 Å². The number of ether oxygens (including phenoxy) is 2. The monoisotopic (exact) mass is 387 g/mol. The van der Waals surface area contributed by atoms with Gasteiger partial charge in [0.2, 0.25) is 0 Å². The van der Waals surface area contributed by atoms with Crippen LogP contribution >= 0.6 is 11.6 Å². The molecule has 0 atom stereocenters. The molecule has 7 heteroatoms. The van der Waals surface area contributed by atoms with Crippen molar-refractivity contribution in [3.8, 4) is 11.5 Å². The molecule has 0 bridgehead atoms. The Morgan fingerprint density at radius 3 is 2.41 bits per heavy atom. The first-order valence-corrected chi connectivity index (χ1v) is 9.49. The molecule has 1 saturated heterocycles. The van der Waals surface area contributed by atoms with Crippen molar-refractivity contribution in [2.75, 3.05) is 44.3 Å². The molecule has 2 aromatic carbocycles. The Morgan fingerprint density at radius 2 is 1.67 bits per heavy atom. The fourth-order valence-electron chi connectivity index (χ4n) is 3.29. The number of fused-ring (bicyclic) bond motifs is 1. The number of amides is 2. The average Bonchev–Trinajstić information content (AvgIpc) is 2.73. The van der Waals surface area contributed by atoms with E-state index in [2.05, 4.69) is 10.2 Å². The molecule has 142 valence electrons. The van der Waals surface area contributed by atoms with Crippen LogP contribution in [0.15, 0.2) is 42.5 Å². The lowest BCUT2D eigenvalue weighted by atomic mass is 10.2.